The molecule has 1 aliphatic heterocycles. The summed E-state index contributed by atoms with van der Waals surface area (Å²) in [4.78, 5) is 4.80. The maximum Gasteiger partial charge on any atom is 0.137 e. The minimum absolute atomic E-state index is 0.0397. The van der Waals surface area contributed by atoms with E-state index in [1.165, 1.54) is 28.0 Å². The largest absolute Gasteiger partial charge is 0.456 e. The van der Waals surface area contributed by atoms with Gasteiger partial charge in [-0.2, -0.15) is 0 Å². The van der Waals surface area contributed by atoms with Gasteiger partial charge < -0.3 is 14.5 Å². The van der Waals surface area contributed by atoms with E-state index in [0.29, 0.717) is 5.92 Å². The van der Waals surface area contributed by atoms with E-state index in [4.69, 9.17) is 4.74 Å². The zero-order chi connectivity index (χ0) is 38.8. The van der Waals surface area contributed by atoms with Crippen molar-refractivity contribution in [1.82, 2.24) is 0 Å². The number of ether oxygens (including phenoxy) is 1. The number of benzene rings is 8. The Morgan fingerprint density at radius 2 is 1.14 bits per heavy atom. The van der Waals surface area contributed by atoms with Gasteiger partial charge in [0.1, 0.15) is 11.5 Å². The molecular weight excluding hydrogens is 705 g/mol. The quantitative estimate of drug-likeness (QED) is 0.162. The Hall–Kier alpha value is -7.10. The second kappa shape index (κ2) is 13.5. The van der Waals surface area contributed by atoms with Crippen LogP contribution >= 0.6 is 0 Å². The summed E-state index contributed by atoms with van der Waals surface area (Å²) in [5.41, 5.74) is 14.2. The van der Waals surface area contributed by atoms with Crippen LogP contribution in [0.5, 0.6) is 11.5 Å². The number of rotatable bonds is 7. The molecule has 3 heteroatoms. The number of nitrogens with zero attached hydrogens (tertiary/aromatic N) is 2. The molecule has 0 radical (unpaired) electrons. The fraction of sp³-hybridized carbons (Fsp3) is 0.0909. The first-order valence-electron chi connectivity index (χ1n) is 20.3. The molecule has 0 N–H and O–H groups in total. The van der Waals surface area contributed by atoms with E-state index in [9.17, 15) is 0 Å². The van der Waals surface area contributed by atoms with E-state index < -0.39 is 0 Å². The summed E-state index contributed by atoms with van der Waals surface area (Å²) in [6, 6.07) is 67.5. The summed E-state index contributed by atoms with van der Waals surface area (Å²) in [7, 11) is 0. The highest BCUT2D eigenvalue weighted by molar-refractivity contribution is 6.12. The van der Waals surface area contributed by atoms with Crippen molar-refractivity contribution in [3.05, 3.63) is 223 Å². The lowest BCUT2D eigenvalue weighted by atomic mass is 9.74. The van der Waals surface area contributed by atoms with Gasteiger partial charge in [0.25, 0.3) is 0 Å². The summed E-state index contributed by atoms with van der Waals surface area (Å²) in [5.74, 6) is 2.37. The summed E-state index contributed by atoms with van der Waals surface area (Å²) in [5, 5.41) is 2.25. The van der Waals surface area contributed by atoms with Crippen molar-refractivity contribution in [3.63, 3.8) is 0 Å². The highest BCUT2D eigenvalue weighted by atomic mass is 16.5. The van der Waals surface area contributed by atoms with Crippen LogP contribution in [0.15, 0.2) is 212 Å². The number of anilines is 5. The van der Waals surface area contributed by atoms with Gasteiger partial charge in [0.15, 0.2) is 0 Å². The lowest BCUT2D eigenvalue weighted by Gasteiger charge is -2.35. The molecule has 3 aliphatic rings. The van der Waals surface area contributed by atoms with Crippen molar-refractivity contribution in [1.29, 1.82) is 0 Å². The first kappa shape index (κ1) is 34.2. The average molecular weight is 747 g/mol. The maximum atomic E-state index is 6.91. The van der Waals surface area contributed by atoms with Gasteiger partial charge in [-0.3, -0.25) is 0 Å². The molecule has 8 aromatic carbocycles. The average Bonchev–Trinajstić information content (AvgIpc) is 3.51. The highest BCUT2D eigenvalue weighted by Gasteiger charge is 2.45. The predicted molar refractivity (Wildman–Crippen MR) is 241 cm³/mol. The molecule has 0 bridgehead atoms. The van der Waals surface area contributed by atoms with E-state index >= 15 is 0 Å². The van der Waals surface area contributed by atoms with Crippen molar-refractivity contribution >= 4 is 39.2 Å². The van der Waals surface area contributed by atoms with Crippen LogP contribution in [0.4, 0.5) is 28.4 Å². The number of allylic oxidation sites excluding steroid dienone is 3. The monoisotopic (exact) mass is 746 g/mol. The summed E-state index contributed by atoms with van der Waals surface area (Å²) >= 11 is 0. The molecule has 0 aromatic heterocycles. The Morgan fingerprint density at radius 1 is 0.500 bits per heavy atom. The Morgan fingerprint density at radius 3 is 1.88 bits per heavy atom. The van der Waals surface area contributed by atoms with Crippen LogP contribution < -0.4 is 14.5 Å². The van der Waals surface area contributed by atoms with Crippen LogP contribution in [0.3, 0.4) is 0 Å². The molecule has 11 rings (SSSR count). The Kier molecular flexibility index (Phi) is 7.97. The Bertz CT molecular complexity index is 2850. The molecular formula is C55H42N2O. The molecule has 2 aliphatic carbocycles. The van der Waals surface area contributed by atoms with Crippen molar-refractivity contribution in [2.75, 3.05) is 9.80 Å². The molecule has 2 atom stereocenters. The standard InChI is InChI=1S/C55H42N2O/c1-55(2)47-25-13-12-22-43(47)46-36-42(32-33-48(46)55)57(41-30-28-38(29-31-41)37-16-6-3-7-17-37)49-34-35-52-53-44(49)23-14-24-45(53)54-50(26-15-27-51(54)58-52)56(39-18-8-4-9-19-39)40-20-10-5-11-21-40/h3-36,46,48H,1-2H3. The summed E-state index contributed by atoms with van der Waals surface area (Å²) in [6.45, 7) is 4.80. The van der Waals surface area contributed by atoms with E-state index in [0.717, 1.165) is 61.8 Å². The molecule has 0 fully saturated rings. The van der Waals surface area contributed by atoms with Crippen LogP contribution in [-0.4, -0.2) is 0 Å². The van der Waals surface area contributed by atoms with Crippen molar-refractivity contribution in [2.24, 2.45) is 5.92 Å². The van der Waals surface area contributed by atoms with Crippen LogP contribution in [0, 0.1) is 5.92 Å². The van der Waals surface area contributed by atoms with E-state index in [-0.39, 0.29) is 11.3 Å². The van der Waals surface area contributed by atoms with Gasteiger partial charge in [-0.1, -0.05) is 153 Å². The molecule has 8 aromatic rings. The number of hydrogen-bond donors (Lipinski definition) is 0. The van der Waals surface area contributed by atoms with Gasteiger partial charge in [-0.05, 0) is 106 Å². The first-order valence-corrected chi connectivity index (χ1v) is 20.3. The molecule has 0 saturated heterocycles. The van der Waals surface area contributed by atoms with Gasteiger partial charge in [-0.25, -0.2) is 0 Å². The lowest BCUT2D eigenvalue weighted by Crippen LogP contribution is -2.27. The molecule has 0 amide bonds. The second-order valence-corrected chi connectivity index (χ2v) is 16.1. The molecule has 1 heterocycles. The van der Waals surface area contributed by atoms with Gasteiger partial charge in [0, 0.05) is 45.0 Å². The molecule has 58 heavy (non-hydrogen) atoms. The van der Waals surface area contributed by atoms with Crippen molar-refractivity contribution in [3.8, 4) is 33.8 Å². The fourth-order valence-electron chi connectivity index (χ4n) is 9.81. The number of hydrogen-bond acceptors (Lipinski definition) is 3. The fourth-order valence-corrected chi connectivity index (χ4v) is 9.81. The molecule has 2 unspecified atom stereocenters. The lowest BCUT2D eigenvalue weighted by molar-refractivity contribution is 0.393. The number of para-hydroxylation sites is 2. The van der Waals surface area contributed by atoms with Gasteiger partial charge in [-0.15, -0.1) is 0 Å². The third kappa shape index (κ3) is 5.42. The van der Waals surface area contributed by atoms with Crippen LogP contribution in [-0.2, 0) is 5.41 Å². The minimum Gasteiger partial charge on any atom is -0.456 e. The normalized spacial score (nSPS) is 16.8. The third-order valence-corrected chi connectivity index (χ3v) is 12.5. The van der Waals surface area contributed by atoms with Crippen LogP contribution in [0.25, 0.3) is 33.0 Å². The smallest absolute Gasteiger partial charge is 0.137 e. The third-order valence-electron chi connectivity index (χ3n) is 12.5. The SMILES string of the molecule is CC1(C)c2ccccc2C2C=C(N(c3ccc(-c4ccccc4)cc3)c3ccc4c5c(cccc35)-c3c(cccc3N(c3ccccc3)c3ccccc3)O4)C=CC21. The minimum atomic E-state index is 0.0397. The van der Waals surface area contributed by atoms with Crippen LogP contribution in [0.1, 0.15) is 30.9 Å². The van der Waals surface area contributed by atoms with Crippen molar-refractivity contribution in [2.45, 2.75) is 25.2 Å². The topological polar surface area (TPSA) is 15.7 Å². The van der Waals surface area contributed by atoms with E-state index in [1.807, 2.05) is 0 Å². The Balaban J connectivity index is 1.11. The second-order valence-electron chi connectivity index (χ2n) is 16.1. The van der Waals surface area contributed by atoms with Crippen molar-refractivity contribution < 1.29 is 4.74 Å². The van der Waals surface area contributed by atoms with Gasteiger partial charge in [0.05, 0.1) is 11.4 Å². The maximum absolute atomic E-state index is 6.91. The van der Waals surface area contributed by atoms with Gasteiger partial charge in [0.2, 0.25) is 0 Å². The highest BCUT2D eigenvalue weighted by Crippen LogP contribution is 2.56. The zero-order valence-corrected chi connectivity index (χ0v) is 32.6. The number of fused-ring (bicyclic) bond motifs is 5. The molecule has 0 spiro atoms. The molecule has 278 valence electrons. The zero-order valence-electron chi connectivity index (χ0n) is 32.6. The molecule has 3 nitrogen and oxygen atoms in total. The summed E-state index contributed by atoms with van der Waals surface area (Å²) in [6.07, 6.45) is 7.33. The first-order chi connectivity index (χ1) is 28.5. The predicted octanol–water partition coefficient (Wildman–Crippen LogP) is 15.0. The summed E-state index contributed by atoms with van der Waals surface area (Å²) < 4.78 is 6.91. The van der Waals surface area contributed by atoms with Crippen LogP contribution in [0.2, 0.25) is 0 Å². The molecule has 0 saturated carbocycles. The van der Waals surface area contributed by atoms with Gasteiger partial charge >= 0.3 is 0 Å². The van der Waals surface area contributed by atoms with E-state index in [1.54, 1.807) is 0 Å². The van der Waals surface area contributed by atoms with E-state index in [2.05, 4.69) is 230 Å². The Labute approximate surface area is 340 Å².